The van der Waals surface area contributed by atoms with Gasteiger partial charge in [-0.2, -0.15) is 0 Å². The predicted octanol–water partition coefficient (Wildman–Crippen LogP) is 1.88. The first-order valence-electron chi connectivity index (χ1n) is 6.74. The van der Waals surface area contributed by atoms with Gasteiger partial charge in [-0.25, -0.2) is 0 Å². The Bertz CT molecular complexity index is 505. The molecule has 2 heterocycles. The molecule has 4 nitrogen and oxygen atoms in total. The Morgan fingerprint density at radius 3 is 2.89 bits per heavy atom. The van der Waals surface area contributed by atoms with Crippen LogP contribution in [-0.4, -0.2) is 31.1 Å². The van der Waals surface area contributed by atoms with Gasteiger partial charge in [0.05, 0.1) is 5.56 Å². The Morgan fingerprint density at radius 2 is 2.11 bits per heavy atom. The van der Waals surface area contributed by atoms with Crippen molar-refractivity contribution in [2.45, 2.75) is 31.3 Å². The van der Waals surface area contributed by atoms with E-state index in [9.17, 15) is 4.79 Å². The van der Waals surface area contributed by atoms with Gasteiger partial charge in [0.2, 0.25) is 0 Å². The Labute approximate surface area is 121 Å². The van der Waals surface area contributed by atoms with Gasteiger partial charge in [0.15, 0.2) is 0 Å². The van der Waals surface area contributed by atoms with Crippen molar-refractivity contribution < 1.29 is 4.79 Å². The van der Waals surface area contributed by atoms with E-state index in [0.717, 1.165) is 29.7 Å². The summed E-state index contributed by atoms with van der Waals surface area (Å²) in [6.07, 6.45) is 3.63. The fourth-order valence-electron chi connectivity index (χ4n) is 3.14. The van der Waals surface area contributed by atoms with Crippen LogP contribution >= 0.6 is 15.9 Å². The van der Waals surface area contributed by atoms with Gasteiger partial charge in [-0.3, -0.25) is 4.79 Å². The van der Waals surface area contributed by atoms with Crippen molar-refractivity contribution in [3.05, 3.63) is 28.2 Å². The van der Waals surface area contributed by atoms with E-state index >= 15 is 0 Å². The van der Waals surface area contributed by atoms with Crippen LogP contribution in [0.25, 0.3) is 0 Å². The summed E-state index contributed by atoms with van der Waals surface area (Å²) in [6, 6.07) is 6.95. The number of nitrogens with one attached hydrogen (secondary N) is 1. The van der Waals surface area contributed by atoms with Gasteiger partial charge in [0, 0.05) is 35.3 Å². The van der Waals surface area contributed by atoms with Crippen LogP contribution in [0.4, 0.5) is 5.69 Å². The number of nitrogens with zero attached hydrogens (tertiary/aromatic N) is 1. The molecule has 0 radical (unpaired) electrons. The lowest BCUT2D eigenvalue weighted by Crippen LogP contribution is -2.36. The van der Waals surface area contributed by atoms with E-state index in [1.165, 1.54) is 12.8 Å². The van der Waals surface area contributed by atoms with Crippen LogP contribution < -0.4 is 16.0 Å². The first-order valence-corrected chi connectivity index (χ1v) is 7.53. The van der Waals surface area contributed by atoms with Crippen molar-refractivity contribution in [3.8, 4) is 0 Å². The first-order chi connectivity index (χ1) is 9.13. The van der Waals surface area contributed by atoms with Crippen molar-refractivity contribution in [1.29, 1.82) is 0 Å². The summed E-state index contributed by atoms with van der Waals surface area (Å²) in [5.74, 6) is -0.362. The molecule has 1 amide bonds. The predicted molar refractivity (Wildman–Crippen MR) is 79.4 cm³/mol. The second-order valence-corrected chi connectivity index (χ2v) is 6.31. The average molecular weight is 324 g/mol. The van der Waals surface area contributed by atoms with Gasteiger partial charge in [-0.15, -0.1) is 0 Å². The normalized spacial score (nSPS) is 26.3. The number of halogens is 1. The molecular weight excluding hydrogens is 306 g/mol. The van der Waals surface area contributed by atoms with Crippen LogP contribution in [0.15, 0.2) is 22.7 Å². The Kier molecular flexibility index (Phi) is 3.50. The number of carbonyl (C=O) groups excluding carboxylic acids is 1. The SMILES string of the molecule is NC(=O)c1cc(Br)ccc1N1CCC2CCC(C1)N2. The van der Waals surface area contributed by atoms with Gasteiger partial charge in [-0.1, -0.05) is 15.9 Å². The van der Waals surface area contributed by atoms with Crippen LogP contribution in [0.1, 0.15) is 29.6 Å². The minimum Gasteiger partial charge on any atom is -0.369 e. The quantitative estimate of drug-likeness (QED) is 0.873. The van der Waals surface area contributed by atoms with E-state index in [1.807, 2.05) is 18.2 Å². The summed E-state index contributed by atoms with van der Waals surface area (Å²) < 4.78 is 0.888. The van der Waals surface area contributed by atoms with Crippen LogP contribution in [0, 0.1) is 0 Å². The number of rotatable bonds is 2. The molecule has 2 aliphatic rings. The first kappa shape index (κ1) is 12.9. The lowest BCUT2D eigenvalue weighted by atomic mass is 10.1. The van der Waals surface area contributed by atoms with E-state index in [-0.39, 0.29) is 5.91 Å². The van der Waals surface area contributed by atoms with Gasteiger partial charge in [-0.05, 0) is 37.5 Å². The molecule has 2 aliphatic heterocycles. The molecule has 102 valence electrons. The Balaban J connectivity index is 1.91. The molecule has 2 fully saturated rings. The average Bonchev–Trinajstić information content (AvgIpc) is 2.69. The van der Waals surface area contributed by atoms with Crippen LogP contribution in [0.5, 0.6) is 0 Å². The summed E-state index contributed by atoms with van der Waals surface area (Å²) in [7, 11) is 0. The van der Waals surface area contributed by atoms with Crippen molar-refractivity contribution in [1.82, 2.24) is 5.32 Å². The molecule has 5 heteroatoms. The molecule has 2 unspecified atom stereocenters. The monoisotopic (exact) mass is 323 g/mol. The number of carbonyl (C=O) groups is 1. The third kappa shape index (κ3) is 2.62. The Morgan fingerprint density at radius 1 is 1.32 bits per heavy atom. The minimum absolute atomic E-state index is 0.362. The maximum absolute atomic E-state index is 11.6. The molecule has 3 N–H and O–H groups in total. The zero-order valence-corrected chi connectivity index (χ0v) is 12.3. The zero-order valence-electron chi connectivity index (χ0n) is 10.7. The zero-order chi connectivity index (χ0) is 13.4. The molecule has 1 aromatic rings. The molecule has 3 rings (SSSR count). The van der Waals surface area contributed by atoms with Crippen molar-refractivity contribution in [2.75, 3.05) is 18.0 Å². The number of benzene rings is 1. The summed E-state index contributed by atoms with van der Waals surface area (Å²) in [6.45, 7) is 1.94. The van der Waals surface area contributed by atoms with Gasteiger partial charge < -0.3 is 16.0 Å². The highest BCUT2D eigenvalue weighted by molar-refractivity contribution is 9.10. The summed E-state index contributed by atoms with van der Waals surface area (Å²) in [5, 5.41) is 3.65. The number of amides is 1. The number of hydrogen-bond acceptors (Lipinski definition) is 3. The highest BCUT2D eigenvalue weighted by atomic mass is 79.9. The van der Waals surface area contributed by atoms with Crippen molar-refractivity contribution >= 4 is 27.5 Å². The van der Waals surface area contributed by atoms with E-state index in [0.29, 0.717) is 17.6 Å². The van der Waals surface area contributed by atoms with E-state index in [4.69, 9.17) is 5.73 Å². The molecule has 0 aromatic heterocycles. The van der Waals surface area contributed by atoms with Crippen molar-refractivity contribution in [2.24, 2.45) is 5.73 Å². The molecule has 2 bridgehead atoms. The largest absolute Gasteiger partial charge is 0.369 e. The van der Waals surface area contributed by atoms with Crippen molar-refractivity contribution in [3.63, 3.8) is 0 Å². The molecule has 0 spiro atoms. The highest BCUT2D eigenvalue weighted by Gasteiger charge is 2.30. The second kappa shape index (κ2) is 5.13. The molecular formula is C14H18BrN3O. The third-order valence-corrected chi connectivity index (χ3v) is 4.58. The third-order valence-electron chi connectivity index (χ3n) is 4.09. The van der Waals surface area contributed by atoms with Crippen LogP contribution in [-0.2, 0) is 0 Å². The van der Waals surface area contributed by atoms with E-state index < -0.39 is 0 Å². The molecule has 1 aromatic carbocycles. The lowest BCUT2D eigenvalue weighted by molar-refractivity contribution is 0.100. The standard InChI is InChI=1S/C14H18BrN3O/c15-9-1-4-13(12(7-9)14(16)19)18-6-5-10-2-3-11(8-18)17-10/h1,4,7,10-11,17H,2-3,5-6,8H2,(H2,16,19). The summed E-state index contributed by atoms with van der Waals surface area (Å²) in [4.78, 5) is 13.9. The fourth-order valence-corrected chi connectivity index (χ4v) is 3.50. The maximum Gasteiger partial charge on any atom is 0.250 e. The van der Waals surface area contributed by atoms with Gasteiger partial charge >= 0.3 is 0 Å². The molecule has 0 aliphatic carbocycles. The number of fused-ring (bicyclic) bond motifs is 2. The highest BCUT2D eigenvalue weighted by Crippen LogP contribution is 2.28. The number of hydrogen-bond donors (Lipinski definition) is 2. The topological polar surface area (TPSA) is 58.4 Å². The minimum atomic E-state index is -0.362. The van der Waals surface area contributed by atoms with E-state index in [1.54, 1.807) is 0 Å². The molecule has 2 atom stereocenters. The number of anilines is 1. The molecule has 0 saturated carbocycles. The van der Waals surface area contributed by atoms with Crippen LogP contribution in [0.3, 0.4) is 0 Å². The fraction of sp³-hybridized carbons (Fsp3) is 0.500. The smallest absolute Gasteiger partial charge is 0.250 e. The van der Waals surface area contributed by atoms with Gasteiger partial charge in [0.25, 0.3) is 5.91 Å². The number of nitrogens with two attached hydrogens (primary N) is 1. The lowest BCUT2D eigenvalue weighted by Gasteiger charge is -2.28. The molecule has 2 saturated heterocycles. The molecule has 19 heavy (non-hydrogen) atoms. The van der Waals surface area contributed by atoms with E-state index in [2.05, 4.69) is 26.1 Å². The summed E-state index contributed by atoms with van der Waals surface area (Å²) >= 11 is 3.40. The Hall–Kier alpha value is -1.07. The summed E-state index contributed by atoms with van der Waals surface area (Å²) in [5.41, 5.74) is 7.07. The number of primary amides is 1. The van der Waals surface area contributed by atoms with Crippen LogP contribution in [0.2, 0.25) is 0 Å². The van der Waals surface area contributed by atoms with Gasteiger partial charge in [0.1, 0.15) is 0 Å². The second-order valence-electron chi connectivity index (χ2n) is 5.40. The maximum atomic E-state index is 11.6.